The zero-order chi connectivity index (χ0) is 14.8. The fourth-order valence-electron chi connectivity index (χ4n) is 2.02. The predicted octanol–water partition coefficient (Wildman–Crippen LogP) is 0.838. The summed E-state index contributed by atoms with van der Waals surface area (Å²) in [6.07, 6.45) is 0.506. The molecular formula is C13H24N4O2. The summed E-state index contributed by atoms with van der Waals surface area (Å²) in [6.45, 7) is 7.85. The molecule has 0 saturated heterocycles. The number of hydrogen-bond acceptors (Lipinski definition) is 4. The van der Waals surface area contributed by atoms with E-state index in [2.05, 4.69) is 10.4 Å². The van der Waals surface area contributed by atoms with Crippen molar-refractivity contribution in [2.24, 2.45) is 12.5 Å². The van der Waals surface area contributed by atoms with E-state index in [-0.39, 0.29) is 24.0 Å². The molecule has 0 aliphatic heterocycles. The molecule has 1 unspecified atom stereocenters. The number of nitrogens with two attached hydrogens (primary N) is 1. The largest absolute Gasteiger partial charge is 0.396 e. The molecule has 1 atom stereocenters. The van der Waals surface area contributed by atoms with E-state index in [0.717, 1.165) is 0 Å². The van der Waals surface area contributed by atoms with Gasteiger partial charge in [0.2, 0.25) is 0 Å². The van der Waals surface area contributed by atoms with Gasteiger partial charge in [0.1, 0.15) is 5.69 Å². The van der Waals surface area contributed by atoms with Gasteiger partial charge in [-0.25, -0.2) is 0 Å². The average Bonchev–Trinajstić information content (AvgIpc) is 2.51. The molecule has 0 fully saturated rings. The number of nitrogen functional groups attached to an aromatic ring is 1. The topological polar surface area (TPSA) is 93.2 Å². The third-order valence-corrected chi connectivity index (χ3v) is 3.25. The summed E-state index contributed by atoms with van der Waals surface area (Å²) in [7, 11) is 1.69. The van der Waals surface area contributed by atoms with Crippen LogP contribution >= 0.6 is 0 Å². The van der Waals surface area contributed by atoms with Crippen molar-refractivity contribution in [2.45, 2.75) is 40.2 Å². The Kier molecular flexibility index (Phi) is 4.57. The van der Waals surface area contributed by atoms with Gasteiger partial charge in [0.15, 0.2) is 0 Å². The molecule has 0 saturated carbocycles. The van der Waals surface area contributed by atoms with Crippen LogP contribution in [-0.4, -0.2) is 33.4 Å². The van der Waals surface area contributed by atoms with Crippen molar-refractivity contribution in [1.29, 1.82) is 0 Å². The standard InChI is InChI=1S/C13H24N4O2/c1-8-10(14)11(17(5)16-8)12(19)15-9(6-7-18)13(2,3)4/h9,18H,6-7,14H2,1-5H3,(H,15,19). The van der Waals surface area contributed by atoms with Crippen LogP contribution in [0.4, 0.5) is 5.69 Å². The maximum atomic E-state index is 12.3. The summed E-state index contributed by atoms with van der Waals surface area (Å²) in [5.41, 5.74) is 7.14. The molecule has 1 amide bonds. The lowest BCUT2D eigenvalue weighted by Gasteiger charge is -2.31. The third kappa shape index (κ3) is 3.47. The van der Waals surface area contributed by atoms with Gasteiger partial charge in [-0.05, 0) is 18.8 Å². The number of aromatic nitrogens is 2. The minimum atomic E-state index is -0.256. The molecular weight excluding hydrogens is 244 g/mol. The second kappa shape index (κ2) is 5.61. The summed E-state index contributed by atoms with van der Waals surface area (Å²) < 4.78 is 1.48. The highest BCUT2D eigenvalue weighted by Crippen LogP contribution is 2.23. The highest BCUT2D eigenvalue weighted by molar-refractivity contribution is 5.98. The van der Waals surface area contributed by atoms with Crippen molar-refractivity contribution in [3.05, 3.63) is 11.4 Å². The molecule has 1 heterocycles. The lowest BCUT2D eigenvalue weighted by atomic mass is 9.85. The van der Waals surface area contributed by atoms with Crippen molar-refractivity contribution in [3.63, 3.8) is 0 Å². The Morgan fingerprint density at radius 2 is 2.11 bits per heavy atom. The number of aliphatic hydroxyl groups is 1. The van der Waals surface area contributed by atoms with Gasteiger partial charge in [0, 0.05) is 19.7 Å². The fraction of sp³-hybridized carbons (Fsp3) is 0.692. The molecule has 1 aromatic heterocycles. The molecule has 108 valence electrons. The minimum Gasteiger partial charge on any atom is -0.396 e. The second-order valence-electron chi connectivity index (χ2n) is 5.88. The maximum absolute atomic E-state index is 12.3. The molecule has 1 aromatic rings. The molecule has 1 rings (SSSR count). The molecule has 0 bridgehead atoms. The number of aliphatic hydroxyl groups excluding tert-OH is 1. The molecule has 19 heavy (non-hydrogen) atoms. The Bertz CT molecular complexity index is 460. The zero-order valence-corrected chi connectivity index (χ0v) is 12.3. The first kappa shape index (κ1) is 15.5. The van der Waals surface area contributed by atoms with Gasteiger partial charge in [0.25, 0.3) is 5.91 Å². The molecule has 4 N–H and O–H groups in total. The van der Waals surface area contributed by atoms with E-state index in [9.17, 15) is 4.79 Å². The summed E-state index contributed by atoms with van der Waals surface area (Å²) >= 11 is 0. The van der Waals surface area contributed by atoms with E-state index in [1.807, 2.05) is 20.8 Å². The van der Waals surface area contributed by atoms with Crippen LogP contribution in [0, 0.1) is 12.3 Å². The Morgan fingerprint density at radius 1 is 1.53 bits per heavy atom. The van der Waals surface area contributed by atoms with Crippen LogP contribution in [0.25, 0.3) is 0 Å². The molecule has 6 heteroatoms. The Balaban J connectivity index is 2.94. The highest BCUT2D eigenvalue weighted by atomic mass is 16.3. The molecule has 0 aliphatic carbocycles. The van der Waals surface area contributed by atoms with E-state index in [0.29, 0.717) is 23.5 Å². The molecule has 0 radical (unpaired) electrons. The predicted molar refractivity (Wildman–Crippen MR) is 74.8 cm³/mol. The van der Waals surface area contributed by atoms with Crippen LogP contribution in [0.15, 0.2) is 0 Å². The quantitative estimate of drug-likeness (QED) is 0.754. The van der Waals surface area contributed by atoms with Crippen LogP contribution in [0.5, 0.6) is 0 Å². The maximum Gasteiger partial charge on any atom is 0.271 e. The van der Waals surface area contributed by atoms with E-state index in [4.69, 9.17) is 10.8 Å². The lowest BCUT2D eigenvalue weighted by molar-refractivity contribution is 0.0876. The monoisotopic (exact) mass is 268 g/mol. The van der Waals surface area contributed by atoms with Crippen LogP contribution < -0.4 is 11.1 Å². The van der Waals surface area contributed by atoms with Gasteiger partial charge in [-0.1, -0.05) is 20.8 Å². The van der Waals surface area contributed by atoms with Gasteiger partial charge in [-0.15, -0.1) is 0 Å². The van der Waals surface area contributed by atoms with E-state index in [1.165, 1.54) is 4.68 Å². The summed E-state index contributed by atoms with van der Waals surface area (Å²) in [5, 5.41) is 16.2. The first-order valence-electron chi connectivity index (χ1n) is 6.39. The molecule has 0 aliphatic rings. The van der Waals surface area contributed by atoms with Crippen molar-refractivity contribution in [1.82, 2.24) is 15.1 Å². The van der Waals surface area contributed by atoms with Gasteiger partial charge >= 0.3 is 0 Å². The lowest BCUT2D eigenvalue weighted by Crippen LogP contribution is -2.45. The van der Waals surface area contributed by atoms with Crippen molar-refractivity contribution < 1.29 is 9.90 Å². The Morgan fingerprint density at radius 3 is 2.47 bits per heavy atom. The third-order valence-electron chi connectivity index (χ3n) is 3.25. The molecule has 0 spiro atoms. The first-order chi connectivity index (χ1) is 8.68. The number of carbonyl (C=O) groups is 1. The summed E-state index contributed by atoms with van der Waals surface area (Å²) in [6, 6.07) is -0.125. The number of nitrogens with one attached hydrogen (secondary N) is 1. The molecule has 6 nitrogen and oxygen atoms in total. The fourth-order valence-corrected chi connectivity index (χ4v) is 2.02. The zero-order valence-electron chi connectivity index (χ0n) is 12.3. The number of amides is 1. The number of hydrogen-bond donors (Lipinski definition) is 3. The second-order valence-corrected chi connectivity index (χ2v) is 5.88. The van der Waals surface area contributed by atoms with E-state index >= 15 is 0 Å². The first-order valence-corrected chi connectivity index (χ1v) is 6.39. The van der Waals surface area contributed by atoms with Crippen LogP contribution in [0.1, 0.15) is 43.4 Å². The molecule has 0 aromatic carbocycles. The van der Waals surface area contributed by atoms with Gasteiger partial charge in [-0.2, -0.15) is 5.10 Å². The number of rotatable bonds is 4. The van der Waals surface area contributed by atoms with Crippen LogP contribution in [0.3, 0.4) is 0 Å². The Hall–Kier alpha value is -1.56. The van der Waals surface area contributed by atoms with Crippen LogP contribution in [-0.2, 0) is 7.05 Å². The smallest absolute Gasteiger partial charge is 0.271 e. The van der Waals surface area contributed by atoms with Crippen LogP contribution in [0.2, 0.25) is 0 Å². The van der Waals surface area contributed by atoms with Crippen molar-refractivity contribution in [3.8, 4) is 0 Å². The number of carbonyl (C=O) groups excluding carboxylic acids is 1. The van der Waals surface area contributed by atoms with Gasteiger partial charge in [-0.3, -0.25) is 9.48 Å². The average molecular weight is 268 g/mol. The normalized spacial score (nSPS) is 13.4. The number of anilines is 1. The minimum absolute atomic E-state index is 0.0299. The SMILES string of the molecule is Cc1nn(C)c(C(=O)NC(CCO)C(C)(C)C)c1N. The number of nitrogens with zero attached hydrogens (tertiary/aromatic N) is 2. The number of aryl methyl sites for hydroxylation is 2. The van der Waals surface area contributed by atoms with Gasteiger partial charge < -0.3 is 16.2 Å². The van der Waals surface area contributed by atoms with Crippen molar-refractivity contribution >= 4 is 11.6 Å². The van der Waals surface area contributed by atoms with E-state index < -0.39 is 0 Å². The highest BCUT2D eigenvalue weighted by Gasteiger charge is 2.28. The van der Waals surface area contributed by atoms with Gasteiger partial charge in [0.05, 0.1) is 11.4 Å². The Labute approximate surface area is 114 Å². The van der Waals surface area contributed by atoms with Crippen molar-refractivity contribution in [2.75, 3.05) is 12.3 Å². The van der Waals surface area contributed by atoms with E-state index in [1.54, 1.807) is 14.0 Å². The summed E-state index contributed by atoms with van der Waals surface area (Å²) in [5.74, 6) is -0.256. The summed E-state index contributed by atoms with van der Waals surface area (Å²) in [4.78, 5) is 12.3.